The molecule has 0 saturated carbocycles. The van der Waals surface area contributed by atoms with Crippen molar-refractivity contribution in [2.75, 3.05) is 0 Å². The fraction of sp³-hybridized carbons (Fsp3) is 0.500. The maximum absolute atomic E-state index is 11.0. The van der Waals surface area contributed by atoms with Crippen LogP contribution in [0.3, 0.4) is 0 Å². The lowest BCUT2D eigenvalue weighted by Crippen LogP contribution is -2.24. The summed E-state index contributed by atoms with van der Waals surface area (Å²) in [4.78, 5) is 22.1. The minimum atomic E-state index is -4.58. The molecule has 0 aliphatic heterocycles. The SMILES string of the molecule is CC(OC(=O)C=CC(=O)OC(C)S(=O)(=O)O)S(=O)(=O)O. The van der Waals surface area contributed by atoms with E-state index in [1.54, 1.807) is 0 Å². The highest BCUT2D eigenvalue weighted by molar-refractivity contribution is 7.86. The van der Waals surface area contributed by atoms with Gasteiger partial charge in [-0.2, -0.15) is 16.8 Å². The van der Waals surface area contributed by atoms with Gasteiger partial charge >= 0.3 is 32.2 Å². The standard InChI is InChI=1S/C8H12O10S2/c1-5(19(11,12)13)17-7(9)3-4-8(10)18-6(2)20(14,15)16/h3-6H,1-2H3,(H,11,12,13)(H,14,15,16). The third-order valence-electron chi connectivity index (χ3n) is 1.76. The number of hydrogen-bond acceptors (Lipinski definition) is 8. The second-order valence-corrected chi connectivity index (χ2v) is 6.76. The van der Waals surface area contributed by atoms with Gasteiger partial charge in [-0.05, 0) is 13.8 Å². The third kappa shape index (κ3) is 7.18. The zero-order valence-corrected chi connectivity index (χ0v) is 11.9. The molecule has 10 nitrogen and oxygen atoms in total. The molecule has 2 N–H and O–H groups in total. The van der Waals surface area contributed by atoms with Gasteiger partial charge < -0.3 is 9.47 Å². The second kappa shape index (κ2) is 6.78. The van der Waals surface area contributed by atoms with Gasteiger partial charge in [0.15, 0.2) is 0 Å². The summed E-state index contributed by atoms with van der Waals surface area (Å²) in [6, 6.07) is 0. The van der Waals surface area contributed by atoms with Gasteiger partial charge in [0.1, 0.15) is 0 Å². The van der Waals surface area contributed by atoms with Gasteiger partial charge in [0, 0.05) is 12.2 Å². The fourth-order valence-electron chi connectivity index (χ4n) is 0.663. The number of hydrogen-bond donors (Lipinski definition) is 2. The maximum Gasteiger partial charge on any atom is 0.332 e. The van der Waals surface area contributed by atoms with E-state index in [-0.39, 0.29) is 0 Å². The van der Waals surface area contributed by atoms with E-state index in [0.29, 0.717) is 12.2 Å². The van der Waals surface area contributed by atoms with Crippen molar-refractivity contribution in [3.05, 3.63) is 12.2 Å². The van der Waals surface area contributed by atoms with Crippen LogP contribution in [0.15, 0.2) is 12.2 Å². The number of carbonyl (C=O) groups excluding carboxylic acids is 2. The van der Waals surface area contributed by atoms with Crippen LogP contribution in [0.25, 0.3) is 0 Å². The number of rotatable bonds is 6. The van der Waals surface area contributed by atoms with E-state index < -0.39 is 43.0 Å². The molecule has 0 bridgehead atoms. The van der Waals surface area contributed by atoms with Crippen molar-refractivity contribution in [3.8, 4) is 0 Å². The Morgan fingerprint density at radius 1 is 0.850 bits per heavy atom. The molecule has 0 saturated heterocycles. The van der Waals surface area contributed by atoms with E-state index >= 15 is 0 Å². The first kappa shape index (κ1) is 18.5. The van der Waals surface area contributed by atoms with Crippen molar-refractivity contribution >= 4 is 32.2 Å². The second-order valence-electron chi connectivity index (χ2n) is 3.37. The summed E-state index contributed by atoms with van der Waals surface area (Å²) < 4.78 is 67.5. The lowest BCUT2D eigenvalue weighted by atomic mass is 10.5. The first-order chi connectivity index (χ1) is 8.84. The first-order valence-electron chi connectivity index (χ1n) is 4.86. The number of ether oxygens (including phenoxy) is 2. The van der Waals surface area contributed by atoms with Crippen molar-refractivity contribution in [1.82, 2.24) is 0 Å². The highest BCUT2D eigenvalue weighted by Crippen LogP contribution is 2.02. The summed E-state index contributed by atoms with van der Waals surface area (Å²) in [5, 5.41) is 0. The van der Waals surface area contributed by atoms with E-state index in [4.69, 9.17) is 9.11 Å². The summed E-state index contributed by atoms with van der Waals surface area (Å²) in [6.07, 6.45) is 0.918. The maximum atomic E-state index is 11.0. The smallest absolute Gasteiger partial charge is 0.332 e. The number of esters is 2. The normalized spacial score (nSPS) is 15.6. The van der Waals surface area contributed by atoms with Crippen LogP contribution >= 0.6 is 0 Å². The first-order valence-corrected chi connectivity index (χ1v) is 7.86. The van der Waals surface area contributed by atoms with Gasteiger partial charge in [-0.15, -0.1) is 0 Å². The van der Waals surface area contributed by atoms with Crippen molar-refractivity contribution in [3.63, 3.8) is 0 Å². The van der Waals surface area contributed by atoms with Crippen LogP contribution in [0.2, 0.25) is 0 Å². The van der Waals surface area contributed by atoms with Gasteiger partial charge in [-0.1, -0.05) is 0 Å². The Morgan fingerprint density at radius 2 is 1.10 bits per heavy atom. The van der Waals surface area contributed by atoms with Crippen molar-refractivity contribution in [1.29, 1.82) is 0 Å². The Balaban J connectivity index is 4.51. The van der Waals surface area contributed by atoms with E-state index in [2.05, 4.69) is 9.47 Å². The lowest BCUT2D eigenvalue weighted by Gasteiger charge is -2.08. The molecule has 0 aromatic rings. The Kier molecular flexibility index (Phi) is 6.28. The van der Waals surface area contributed by atoms with Crippen molar-refractivity contribution < 1.29 is 45.0 Å². The third-order valence-corrected chi connectivity index (χ3v) is 3.63. The van der Waals surface area contributed by atoms with Crippen LogP contribution < -0.4 is 0 Å². The molecular weight excluding hydrogens is 320 g/mol. The van der Waals surface area contributed by atoms with E-state index in [1.165, 1.54) is 0 Å². The number of carbonyl (C=O) groups is 2. The molecule has 2 unspecified atom stereocenters. The molecule has 0 aliphatic carbocycles. The van der Waals surface area contributed by atoms with Crippen molar-refractivity contribution in [2.24, 2.45) is 0 Å². The summed E-state index contributed by atoms with van der Waals surface area (Å²) in [7, 11) is -9.16. The molecule has 12 heteroatoms. The molecule has 0 fully saturated rings. The Hall–Kier alpha value is -1.50. The average Bonchev–Trinajstić information content (AvgIpc) is 2.23. The van der Waals surface area contributed by atoms with Gasteiger partial charge in [-0.25, -0.2) is 9.59 Å². The van der Waals surface area contributed by atoms with Gasteiger partial charge in [-0.3, -0.25) is 9.11 Å². The van der Waals surface area contributed by atoms with Crippen molar-refractivity contribution in [2.45, 2.75) is 24.7 Å². The zero-order chi connectivity index (χ0) is 16.1. The Morgan fingerprint density at radius 3 is 1.30 bits per heavy atom. The molecule has 0 aromatic carbocycles. The van der Waals surface area contributed by atoms with Crippen LogP contribution in [-0.2, 0) is 39.3 Å². The molecule has 0 radical (unpaired) electrons. The molecule has 0 heterocycles. The predicted molar refractivity (Wildman–Crippen MR) is 63.3 cm³/mol. The Labute approximate surface area is 114 Å². The molecular formula is C8H12O10S2. The van der Waals surface area contributed by atoms with Gasteiger partial charge in [0.05, 0.1) is 0 Å². The fourth-order valence-corrected chi connectivity index (χ4v) is 1.10. The van der Waals surface area contributed by atoms with Gasteiger partial charge in [0.25, 0.3) is 0 Å². The summed E-state index contributed by atoms with van der Waals surface area (Å²) >= 11 is 0. The topological polar surface area (TPSA) is 161 Å². The summed E-state index contributed by atoms with van der Waals surface area (Å²) in [5.74, 6) is -2.57. The summed E-state index contributed by atoms with van der Waals surface area (Å²) in [5.41, 5.74) is -3.68. The lowest BCUT2D eigenvalue weighted by molar-refractivity contribution is -0.141. The molecule has 0 aromatic heterocycles. The molecule has 20 heavy (non-hydrogen) atoms. The minimum Gasteiger partial charge on any atom is -0.440 e. The molecule has 116 valence electrons. The van der Waals surface area contributed by atoms with Crippen LogP contribution in [0, 0.1) is 0 Å². The summed E-state index contributed by atoms with van der Waals surface area (Å²) in [6.45, 7) is 1.75. The largest absolute Gasteiger partial charge is 0.440 e. The van der Waals surface area contributed by atoms with Crippen LogP contribution in [0.5, 0.6) is 0 Å². The van der Waals surface area contributed by atoms with E-state index in [0.717, 1.165) is 13.8 Å². The molecule has 0 amide bonds. The van der Waals surface area contributed by atoms with E-state index in [9.17, 15) is 26.4 Å². The van der Waals surface area contributed by atoms with Crippen LogP contribution in [0.1, 0.15) is 13.8 Å². The monoisotopic (exact) mass is 332 g/mol. The highest BCUT2D eigenvalue weighted by Gasteiger charge is 2.22. The molecule has 0 spiro atoms. The van der Waals surface area contributed by atoms with Crippen LogP contribution in [0.4, 0.5) is 0 Å². The van der Waals surface area contributed by atoms with Crippen LogP contribution in [-0.4, -0.2) is 48.8 Å². The quantitative estimate of drug-likeness (QED) is 0.354. The predicted octanol–water partition coefficient (Wildman–Crippen LogP) is -0.903. The zero-order valence-electron chi connectivity index (χ0n) is 10.3. The highest BCUT2D eigenvalue weighted by atomic mass is 32.2. The van der Waals surface area contributed by atoms with Gasteiger partial charge in [0.2, 0.25) is 10.9 Å². The minimum absolute atomic E-state index is 0.459. The average molecular weight is 332 g/mol. The van der Waals surface area contributed by atoms with E-state index in [1.807, 2.05) is 0 Å². The molecule has 0 rings (SSSR count). The Bertz CT molecular complexity index is 545. The molecule has 2 atom stereocenters. The molecule has 0 aliphatic rings.